The van der Waals surface area contributed by atoms with Gasteiger partial charge in [0.1, 0.15) is 5.69 Å². The highest BCUT2D eigenvalue weighted by molar-refractivity contribution is 6.08. The number of ether oxygens (including phenoxy) is 1. The van der Waals surface area contributed by atoms with Crippen LogP contribution in [-0.2, 0) is 4.79 Å². The number of amides is 1. The predicted molar refractivity (Wildman–Crippen MR) is 156 cm³/mol. The monoisotopic (exact) mass is 574 g/mol. The third-order valence-corrected chi connectivity index (χ3v) is 8.64. The van der Waals surface area contributed by atoms with E-state index in [2.05, 4.69) is 0 Å². The fraction of sp³-hybridized carbons (Fsp3) is 0.387. The molecule has 2 unspecified atom stereocenters. The second-order valence-corrected chi connectivity index (χ2v) is 11.3. The Kier molecular flexibility index (Phi) is 7.04. The van der Waals surface area contributed by atoms with Crippen molar-refractivity contribution in [1.82, 2.24) is 9.47 Å². The maximum Gasteiger partial charge on any atom is 0.269 e. The van der Waals surface area contributed by atoms with E-state index in [9.17, 15) is 24.5 Å². The van der Waals surface area contributed by atoms with Gasteiger partial charge in [-0.3, -0.25) is 24.5 Å². The van der Waals surface area contributed by atoms with Gasteiger partial charge < -0.3 is 19.1 Å². The fourth-order valence-corrected chi connectivity index (χ4v) is 6.47. The number of anilines is 1. The van der Waals surface area contributed by atoms with Crippen LogP contribution in [0.5, 0.6) is 5.75 Å². The van der Waals surface area contributed by atoms with Crippen LogP contribution in [0.2, 0.25) is 0 Å². The van der Waals surface area contributed by atoms with Gasteiger partial charge in [0.25, 0.3) is 5.69 Å². The quantitative estimate of drug-likeness (QED) is 0.173. The van der Waals surface area contributed by atoms with Gasteiger partial charge in [-0.15, -0.1) is 0 Å². The second kappa shape index (κ2) is 10.7. The number of halogens is 1. The number of allylic oxidation sites excluding steroid dienone is 1. The van der Waals surface area contributed by atoms with Crippen molar-refractivity contribution in [3.8, 4) is 5.75 Å². The summed E-state index contributed by atoms with van der Waals surface area (Å²) in [6.45, 7) is 3.31. The molecular weight excluding hydrogens is 543 g/mol. The van der Waals surface area contributed by atoms with E-state index in [1.807, 2.05) is 14.4 Å². The van der Waals surface area contributed by atoms with Crippen molar-refractivity contribution in [3.63, 3.8) is 0 Å². The molecule has 2 atom stereocenters. The number of hydrogen-bond donors (Lipinski definition) is 0. The minimum atomic E-state index is -0.613. The van der Waals surface area contributed by atoms with E-state index < -0.39 is 22.0 Å². The third kappa shape index (κ3) is 4.82. The molecule has 2 aliphatic heterocycles. The largest absolute Gasteiger partial charge is 0.492 e. The number of carbonyl (C=O) groups is 2. The van der Waals surface area contributed by atoms with E-state index in [1.165, 1.54) is 55.8 Å². The van der Waals surface area contributed by atoms with Crippen molar-refractivity contribution >= 4 is 40.0 Å². The lowest BCUT2D eigenvalue weighted by atomic mass is 9.92. The number of benzene rings is 2. The number of carbonyl (C=O) groups excluding carboxylic acids is 2. The summed E-state index contributed by atoms with van der Waals surface area (Å²) in [5.74, 6) is -0.679. The summed E-state index contributed by atoms with van der Waals surface area (Å²) in [4.78, 5) is 53.4. The molecule has 10 nitrogen and oxygen atoms in total. The van der Waals surface area contributed by atoms with Crippen LogP contribution in [0.3, 0.4) is 0 Å². The molecule has 2 aromatic carbocycles. The van der Waals surface area contributed by atoms with Gasteiger partial charge in [-0.25, -0.2) is 4.39 Å². The van der Waals surface area contributed by atoms with Gasteiger partial charge in [0, 0.05) is 50.9 Å². The number of nitrogens with zero attached hydrogens (tertiary/aromatic N) is 4. The number of nitro benzene ring substituents is 1. The van der Waals surface area contributed by atoms with Crippen LogP contribution in [0.4, 0.5) is 15.8 Å². The van der Waals surface area contributed by atoms with E-state index in [-0.39, 0.29) is 52.0 Å². The zero-order valence-corrected chi connectivity index (χ0v) is 23.4. The fourth-order valence-electron chi connectivity index (χ4n) is 6.47. The highest BCUT2D eigenvalue weighted by atomic mass is 19.1. The molecule has 1 saturated carbocycles. The predicted octanol–water partition coefficient (Wildman–Crippen LogP) is 4.74. The van der Waals surface area contributed by atoms with Crippen LogP contribution >= 0.6 is 0 Å². The molecule has 1 amide bonds. The topological polar surface area (TPSA) is 115 Å². The number of rotatable bonds is 7. The maximum atomic E-state index is 16.0. The smallest absolute Gasteiger partial charge is 0.269 e. The van der Waals surface area contributed by atoms with Crippen molar-refractivity contribution in [2.75, 3.05) is 31.6 Å². The van der Waals surface area contributed by atoms with Crippen LogP contribution in [0, 0.1) is 21.8 Å². The molecule has 0 N–H and O–H groups in total. The van der Waals surface area contributed by atoms with Gasteiger partial charge in [-0.1, -0.05) is 6.08 Å². The molecule has 2 saturated heterocycles. The van der Waals surface area contributed by atoms with Crippen LogP contribution in [0.25, 0.3) is 17.0 Å². The number of ketones is 1. The summed E-state index contributed by atoms with van der Waals surface area (Å²) in [5.41, 5.74) is 0.529. The molecular formula is C31H31FN4O6. The van der Waals surface area contributed by atoms with Crippen molar-refractivity contribution < 1.29 is 23.6 Å². The first kappa shape index (κ1) is 27.6. The Morgan fingerprint density at radius 3 is 2.52 bits per heavy atom. The van der Waals surface area contributed by atoms with E-state index in [1.54, 1.807) is 6.92 Å². The molecule has 6 rings (SSSR count). The summed E-state index contributed by atoms with van der Waals surface area (Å²) in [6.07, 6.45) is 7.82. The Morgan fingerprint density at radius 1 is 1.14 bits per heavy atom. The van der Waals surface area contributed by atoms with Crippen molar-refractivity contribution in [1.29, 1.82) is 0 Å². The molecule has 11 heteroatoms. The molecule has 218 valence electrons. The lowest BCUT2D eigenvalue weighted by Gasteiger charge is -2.36. The van der Waals surface area contributed by atoms with Crippen molar-refractivity contribution in [2.45, 2.75) is 44.7 Å². The van der Waals surface area contributed by atoms with Gasteiger partial charge in [-0.05, 0) is 61.4 Å². The average Bonchev–Trinajstić information content (AvgIpc) is 3.73. The molecule has 3 fully saturated rings. The summed E-state index contributed by atoms with van der Waals surface area (Å²) in [6, 6.07) is 6.92. The molecule has 42 heavy (non-hydrogen) atoms. The Labute approximate surface area is 241 Å². The maximum absolute atomic E-state index is 16.0. The van der Waals surface area contributed by atoms with Crippen molar-refractivity contribution in [3.05, 3.63) is 79.9 Å². The molecule has 3 heterocycles. The molecule has 3 aromatic rings. The van der Waals surface area contributed by atoms with Gasteiger partial charge in [-0.2, -0.15) is 0 Å². The molecule has 0 spiro atoms. The summed E-state index contributed by atoms with van der Waals surface area (Å²) in [7, 11) is 1.45. The molecule has 3 aliphatic rings. The van der Waals surface area contributed by atoms with E-state index in [0.717, 1.165) is 25.7 Å². The zero-order chi connectivity index (χ0) is 29.7. The average molecular weight is 575 g/mol. The number of aromatic nitrogens is 1. The summed E-state index contributed by atoms with van der Waals surface area (Å²) >= 11 is 0. The number of nitro groups is 1. The lowest BCUT2D eigenvalue weighted by molar-refractivity contribution is -0.384. The molecule has 0 radical (unpaired) electrons. The standard InChI is InChI=1S/C31H31FN4O6/c1-18(37)34-13-3-4-20-15-33(17-26(20)34)29-25(32)14-23-28(31(29)42-2)35(21-10-11-21)16-24(30(23)39)27(38)12-7-19-5-8-22(9-6-19)36(40)41/h5-9,12,14,16,20-21,26H,3-4,10-11,13,15,17H2,1-2H3. The zero-order valence-electron chi connectivity index (χ0n) is 23.4. The Balaban J connectivity index is 1.40. The minimum Gasteiger partial charge on any atom is -0.492 e. The van der Waals surface area contributed by atoms with E-state index >= 15 is 4.39 Å². The Bertz CT molecular complexity index is 1690. The van der Waals surface area contributed by atoms with E-state index in [0.29, 0.717) is 30.7 Å². The summed E-state index contributed by atoms with van der Waals surface area (Å²) < 4.78 is 23.6. The highest BCUT2D eigenvalue weighted by Gasteiger charge is 2.42. The number of pyridine rings is 1. The SMILES string of the molecule is COc1c(N2CC3CCCN(C(C)=O)C3C2)c(F)cc2c(=O)c(C(=O)C=Cc3ccc([N+](=O)[O-])cc3)cn(C3CC3)c12. The van der Waals surface area contributed by atoms with Gasteiger partial charge in [0.2, 0.25) is 11.3 Å². The number of likely N-dealkylation sites (tertiary alicyclic amines) is 1. The first-order valence-corrected chi connectivity index (χ1v) is 14.1. The summed E-state index contributed by atoms with van der Waals surface area (Å²) in [5, 5.41) is 11.0. The van der Waals surface area contributed by atoms with E-state index in [4.69, 9.17) is 4.74 Å². The number of non-ortho nitro benzene ring substituents is 1. The lowest BCUT2D eigenvalue weighted by Crippen LogP contribution is -2.47. The van der Waals surface area contributed by atoms with Crippen LogP contribution in [0.15, 0.2) is 47.4 Å². The third-order valence-electron chi connectivity index (χ3n) is 8.64. The molecule has 1 aromatic heterocycles. The first-order chi connectivity index (χ1) is 20.2. The normalized spacial score (nSPS) is 20.3. The number of fused-ring (bicyclic) bond motifs is 2. The second-order valence-electron chi connectivity index (χ2n) is 11.3. The molecule has 0 bridgehead atoms. The van der Waals surface area contributed by atoms with Gasteiger partial charge >= 0.3 is 0 Å². The van der Waals surface area contributed by atoms with Crippen molar-refractivity contribution in [2.24, 2.45) is 5.92 Å². The Hall–Kier alpha value is -4.54. The Morgan fingerprint density at radius 2 is 1.88 bits per heavy atom. The number of hydrogen-bond acceptors (Lipinski definition) is 7. The van der Waals surface area contributed by atoms with Crippen LogP contribution in [0.1, 0.15) is 54.6 Å². The van der Waals surface area contributed by atoms with Crippen LogP contribution in [-0.4, -0.2) is 58.9 Å². The number of piperidine rings is 1. The van der Waals surface area contributed by atoms with Gasteiger partial charge in [0.05, 0.1) is 34.5 Å². The van der Waals surface area contributed by atoms with Gasteiger partial charge in [0.15, 0.2) is 17.3 Å². The molecule has 1 aliphatic carbocycles. The highest BCUT2D eigenvalue weighted by Crippen LogP contribution is 2.45. The minimum absolute atomic E-state index is 0.00999. The first-order valence-electron chi connectivity index (χ1n) is 14.1. The number of methoxy groups -OCH3 is 1. The van der Waals surface area contributed by atoms with Crippen LogP contribution < -0.4 is 15.1 Å².